The Labute approximate surface area is 156 Å². The third-order valence-electron chi connectivity index (χ3n) is 6.08. The molecule has 140 valence electrons. The second-order valence-electron chi connectivity index (χ2n) is 7.64. The van der Waals surface area contributed by atoms with Gasteiger partial charge in [0.15, 0.2) is 0 Å². The van der Waals surface area contributed by atoms with E-state index in [1.165, 1.54) is 37.2 Å². The van der Waals surface area contributed by atoms with E-state index >= 15 is 0 Å². The van der Waals surface area contributed by atoms with E-state index < -0.39 is 0 Å². The molecule has 0 unspecified atom stereocenters. The molecule has 2 aliphatic rings. The number of nitrogens with zero attached hydrogens (tertiary/aromatic N) is 4. The highest BCUT2D eigenvalue weighted by atomic mass is 16.5. The predicted molar refractivity (Wildman–Crippen MR) is 103 cm³/mol. The van der Waals surface area contributed by atoms with Crippen LogP contribution < -0.4 is 0 Å². The molecule has 0 amide bonds. The summed E-state index contributed by atoms with van der Waals surface area (Å²) in [5.41, 5.74) is 2.57. The van der Waals surface area contributed by atoms with Crippen LogP contribution in [0.3, 0.4) is 0 Å². The molecule has 5 nitrogen and oxygen atoms in total. The van der Waals surface area contributed by atoms with Crippen LogP contribution in [0, 0.1) is 5.92 Å². The second-order valence-corrected chi connectivity index (χ2v) is 7.64. The van der Waals surface area contributed by atoms with Crippen molar-refractivity contribution in [3.8, 4) is 5.69 Å². The van der Waals surface area contributed by atoms with Gasteiger partial charge in [-0.05, 0) is 56.5 Å². The Morgan fingerprint density at radius 2 is 1.81 bits per heavy atom. The quantitative estimate of drug-likeness (QED) is 0.827. The average Bonchev–Trinajstić information content (AvgIpc) is 3.24. The van der Waals surface area contributed by atoms with Crippen molar-refractivity contribution in [2.24, 2.45) is 5.92 Å². The zero-order valence-corrected chi connectivity index (χ0v) is 15.8. The Morgan fingerprint density at radius 3 is 2.46 bits per heavy atom. The van der Waals surface area contributed by atoms with Gasteiger partial charge in [-0.25, -0.2) is 4.98 Å². The van der Waals surface area contributed by atoms with Crippen LogP contribution in [-0.4, -0.2) is 64.8 Å². The molecule has 1 aromatic heterocycles. The summed E-state index contributed by atoms with van der Waals surface area (Å²) in [5, 5.41) is 0. The maximum Gasteiger partial charge on any atom is 0.0991 e. The lowest BCUT2D eigenvalue weighted by atomic mass is 9.89. The standard InChI is InChI=1S/C21H30N4O/c1-18(24-12-14-26-15-13-24)20-6-9-23(10-7-20)16-19-2-4-21(5-3-19)25-11-8-22-17-25/h2-5,8,11,17-18,20H,6-7,9-10,12-16H2,1H3/t18-/m1/s1. The first-order valence-electron chi connectivity index (χ1n) is 9.91. The summed E-state index contributed by atoms with van der Waals surface area (Å²) in [6.45, 7) is 9.90. The van der Waals surface area contributed by atoms with Crippen LogP contribution in [0.15, 0.2) is 43.0 Å². The van der Waals surface area contributed by atoms with Crippen molar-refractivity contribution in [1.82, 2.24) is 19.4 Å². The highest BCUT2D eigenvalue weighted by molar-refractivity contribution is 5.34. The number of likely N-dealkylation sites (tertiary alicyclic amines) is 1. The molecule has 0 spiro atoms. The maximum atomic E-state index is 5.50. The highest BCUT2D eigenvalue weighted by Crippen LogP contribution is 2.25. The normalized spacial score (nSPS) is 21.7. The van der Waals surface area contributed by atoms with Gasteiger partial charge >= 0.3 is 0 Å². The Balaban J connectivity index is 1.27. The lowest BCUT2D eigenvalue weighted by molar-refractivity contribution is -0.00192. The van der Waals surface area contributed by atoms with Gasteiger partial charge in [-0.2, -0.15) is 0 Å². The minimum absolute atomic E-state index is 0.690. The van der Waals surface area contributed by atoms with Crippen molar-refractivity contribution in [2.75, 3.05) is 39.4 Å². The first kappa shape index (κ1) is 17.7. The van der Waals surface area contributed by atoms with Gasteiger partial charge in [0.25, 0.3) is 0 Å². The first-order chi connectivity index (χ1) is 12.8. The lowest BCUT2D eigenvalue weighted by Crippen LogP contribution is -2.48. The zero-order chi connectivity index (χ0) is 17.8. The van der Waals surface area contributed by atoms with E-state index in [1.54, 1.807) is 0 Å². The molecule has 2 aromatic rings. The Bertz CT molecular complexity index is 656. The average molecular weight is 354 g/mol. The van der Waals surface area contributed by atoms with E-state index in [2.05, 4.69) is 46.0 Å². The molecule has 1 atom stereocenters. The fourth-order valence-corrected chi connectivity index (χ4v) is 4.32. The molecule has 0 bridgehead atoms. The van der Waals surface area contributed by atoms with Gasteiger partial charge in [0.05, 0.1) is 19.5 Å². The van der Waals surface area contributed by atoms with Crippen LogP contribution in [-0.2, 0) is 11.3 Å². The molecule has 3 heterocycles. The number of rotatable bonds is 5. The van der Waals surface area contributed by atoms with Crippen LogP contribution in [0.5, 0.6) is 0 Å². The smallest absolute Gasteiger partial charge is 0.0991 e. The van der Waals surface area contributed by atoms with E-state index in [0.29, 0.717) is 6.04 Å². The number of piperidine rings is 1. The number of hydrogen-bond acceptors (Lipinski definition) is 4. The van der Waals surface area contributed by atoms with Crippen molar-refractivity contribution >= 4 is 0 Å². The monoisotopic (exact) mass is 354 g/mol. The minimum atomic E-state index is 0.690. The number of ether oxygens (including phenoxy) is 1. The molecule has 5 heteroatoms. The van der Waals surface area contributed by atoms with E-state index in [-0.39, 0.29) is 0 Å². The molecule has 0 N–H and O–H groups in total. The van der Waals surface area contributed by atoms with Crippen molar-refractivity contribution in [3.63, 3.8) is 0 Å². The van der Waals surface area contributed by atoms with Crippen LogP contribution >= 0.6 is 0 Å². The fraction of sp³-hybridized carbons (Fsp3) is 0.571. The third kappa shape index (κ3) is 4.17. The minimum Gasteiger partial charge on any atom is -0.379 e. The van der Waals surface area contributed by atoms with Crippen LogP contribution in [0.2, 0.25) is 0 Å². The molecule has 2 aliphatic heterocycles. The summed E-state index contributed by atoms with van der Waals surface area (Å²) in [7, 11) is 0. The van der Waals surface area contributed by atoms with Crippen molar-refractivity contribution in [3.05, 3.63) is 48.5 Å². The molecule has 2 saturated heterocycles. The lowest BCUT2D eigenvalue weighted by Gasteiger charge is -2.41. The summed E-state index contributed by atoms with van der Waals surface area (Å²) >= 11 is 0. The Morgan fingerprint density at radius 1 is 1.08 bits per heavy atom. The first-order valence-corrected chi connectivity index (χ1v) is 9.91. The summed E-state index contributed by atoms with van der Waals surface area (Å²) in [6.07, 6.45) is 8.26. The maximum absolute atomic E-state index is 5.50. The van der Waals surface area contributed by atoms with Gasteiger partial charge in [0.1, 0.15) is 0 Å². The van der Waals surface area contributed by atoms with Gasteiger partial charge in [0, 0.05) is 43.8 Å². The van der Waals surface area contributed by atoms with E-state index in [4.69, 9.17) is 4.74 Å². The van der Waals surface area contributed by atoms with E-state index in [0.717, 1.165) is 38.8 Å². The fourth-order valence-electron chi connectivity index (χ4n) is 4.32. The summed E-state index contributed by atoms with van der Waals surface area (Å²) in [6, 6.07) is 9.56. The van der Waals surface area contributed by atoms with Gasteiger partial charge in [-0.1, -0.05) is 12.1 Å². The topological polar surface area (TPSA) is 33.5 Å². The van der Waals surface area contributed by atoms with Gasteiger partial charge in [-0.15, -0.1) is 0 Å². The molecule has 2 fully saturated rings. The van der Waals surface area contributed by atoms with Crippen LogP contribution in [0.4, 0.5) is 0 Å². The van der Waals surface area contributed by atoms with Gasteiger partial charge in [-0.3, -0.25) is 9.80 Å². The summed E-state index contributed by atoms with van der Waals surface area (Å²) in [5.74, 6) is 0.827. The SMILES string of the molecule is C[C@H](C1CCN(Cc2ccc(-n3ccnc3)cc2)CC1)N1CCOCC1. The number of benzene rings is 1. The van der Waals surface area contributed by atoms with Crippen LogP contribution in [0.25, 0.3) is 5.69 Å². The molecule has 1 aromatic carbocycles. The molecule has 0 radical (unpaired) electrons. The Kier molecular flexibility index (Phi) is 5.68. The van der Waals surface area contributed by atoms with Crippen molar-refractivity contribution < 1.29 is 4.74 Å². The number of morpholine rings is 1. The zero-order valence-electron chi connectivity index (χ0n) is 15.8. The molecule has 0 aliphatic carbocycles. The Hall–Kier alpha value is -1.69. The van der Waals surface area contributed by atoms with E-state index in [9.17, 15) is 0 Å². The predicted octanol–water partition coefficient (Wildman–Crippen LogP) is 2.81. The number of imidazole rings is 1. The molecule has 26 heavy (non-hydrogen) atoms. The van der Waals surface area contributed by atoms with Gasteiger partial charge in [0.2, 0.25) is 0 Å². The highest BCUT2D eigenvalue weighted by Gasteiger charge is 2.28. The van der Waals surface area contributed by atoms with Gasteiger partial charge < -0.3 is 9.30 Å². The summed E-state index contributed by atoms with van der Waals surface area (Å²) < 4.78 is 7.54. The molecular formula is C21H30N4O. The molecule has 4 rings (SSSR count). The summed E-state index contributed by atoms with van der Waals surface area (Å²) in [4.78, 5) is 9.34. The van der Waals surface area contributed by atoms with Crippen LogP contribution in [0.1, 0.15) is 25.3 Å². The van der Waals surface area contributed by atoms with Crippen molar-refractivity contribution in [1.29, 1.82) is 0 Å². The molecule has 0 saturated carbocycles. The van der Waals surface area contributed by atoms with E-state index in [1.807, 2.05) is 23.3 Å². The largest absolute Gasteiger partial charge is 0.379 e. The number of aromatic nitrogens is 2. The van der Waals surface area contributed by atoms with Crippen molar-refractivity contribution in [2.45, 2.75) is 32.4 Å². The molecular weight excluding hydrogens is 324 g/mol. The number of hydrogen-bond donors (Lipinski definition) is 0. The second kappa shape index (κ2) is 8.33. The third-order valence-corrected chi connectivity index (χ3v) is 6.08.